The van der Waals surface area contributed by atoms with E-state index in [4.69, 9.17) is 5.11 Å². The summed E-state index contributed by atoms with van der Waals surface area (Å²) < 4.78 is -0.157. The Morgan fingerprint density at radius 1 is 1.38 bits per heavy atom. The number of nitrogens with zero attached hydrogens (tertiary/aromatic N) is 1. The first-order valence-electron chi connectivity index (χ1n) is 4.03. The lowest BCUT2D eigenvalue weighted by Crippen LogP contribution is -2.42. The third-order valence-corrected chi connectivity index (χ3v) is 2.39. The minimum atomic E-state index is -0.860. The molecule has 1 aliphatic heterocycles. The fraction of sp³-hybridized carbons (Fsp3) is 0.100. The third kappa shape index (κ3) is 0.975. The van der Waals surface area contributed by atoms with Crippen LogP contribution in [0.4, 0.5) is 10.5 Å². The lowest BCUT2D eigenvalue weighted by atomic mass is 10.2. The Bertz CT molecular complexity index is 398. The number of amides is 1. The van der Waals surface area contributed by atoms with Crippen molar-refractivity contribution in [2.75, 3.05) is 7.05 Å². The van der Waals surface area contributed by atoms with E-state index < -0.39 is 6.09 Å². The molecule has 1 amide bonds. The van der Waals surface area contributed by atoms with Crippen LogP contribution in [-0.4, -0.2) is 18.2 Å². The van der Waals surface area contributed by atoms with Crippen LogP contribution in [0.5, 0.6) is 0 Å². The molecular formula is C10H10NO2+. The van der Waals surface area contributed by atoms with Crippen molar-refractivity contribution in [2.24, 2.45) is 0 Å². The van der Waals surface area contributed by atoms with Crippen molar-refractivity contribution < 1.29 is 9.90 Å². The number of benzene rings is 1. The molecule has 1 aromatic carbocycles. The Morgan fingerprint density at radius 3 is 2.77 bits per heavy atom. The maximum atomic E-state index is 11.0. The van der Waals surface area contributed by atoms with E-state index in [9.17, 15) is 4.79 Å². The van der Waals surface area contributed by atoms with Crippen LogP contribution in [0, 0.1) is 0 Å². The summed E-state index contributed by atoms with van der Waals surface area (Å²) in [7, 11) is 1.66. The van der Waals surface area contributed by atoms with Crippen molar-refractivity contribution in [3.63, 3.8) is 0 Å². The third-order valence-electron chi connectivity index (χ3n) is 2.39. The molecule has 1 aliphatic rings. The minimum Gasteiger partial charge on any atom is -0.435 e. The van der Waals surface area contributed by atoms with Crippen LogP contribution in [0.25, 0.3) is 6.08 Å². The normalized spacial score (nSPS) is 24.4. The van der Waals surface area contributed by atoms with E-state index in [1.807, 2.05) is 30.3 Å². The van der Waals surface area contributed by atoms with Crippen LogP contribution in [-0.2, 0) is 0 Å². The zero-order valence-corrected chi connectivity index (χ0v) is 7.27. The first-order valence-corrected chi connectivity index (χ1v) is 4.03. The van der Waals surface area contributed by atoms with Gasteiger partial charge in [0.15, 0.2) is 5.69 Å². The van der Waals surface area contributed by atoms with E-state index in [0.717, 1.165) is 11.3 Å². The van der Waals surface area contributed by atoms with E-state index in [2.05, 4.69) is 0 Å². The highest BCUT2D eigenvalue weighted by molar-refractivity contribution is 5.90. The van der Waals surface area contributed by atoms with Gasteiger partial charge in [0.2, 0.25) is 0 Å². The average molecular weight is 176 g/mol. The Kier molecular flexibility index (Phi) is 1.50. The predicted octanol–water partition coefficient (Wildman–Crippen LogP) is 2.29. The highest BCUT2D eigenvalue weighted by atomic mass is 16.4. The zero-order valence-electron chi connectivity index (χ0n) is 7.27. The molecule has 2 rings (SSSR count). The number of carboxylic acid groups (broad SMARTS) is 1. The first-order chi connectivity index (χ1) is 6.14. The molecule has 3 heteroatoms. The second kappa shape index (κ2) is 2.44. The molecule has 1 N–H and O–H groups in total. The molecule has 0 saturated carbocycles. The van der Waals surface area contributed by atoms with Crippen molar-refractivity contribution in [1.29, 1.82) is 0 Å². The van der Waals surface area contributed by atoms with Crippen LogP contribution < -0.4 is 4.48 Å². The number of para-hydroxylation sites is 1. The fourth-order valence-electron chi connectivity index (χ4n) is 1.53. The minimum absolute atomic E-state index is 0.157. The summed E-state index contributed by atoms with van der Waals surface area (Å²) >= 11 is 0. The van der Waals surface area contributed by atoms with Gasteiger partial charge >= 0.3 is 6.09 Å². The molecule has 1 aromatic rings. The number of quaternary nitrogens is 1. The lowest BCUT2D eigenvalue weighted by molar-refractivity contribution is 0.171. The Balaban J connectivity index is 2.61. The number of hydrogen-bond donors (Lipinski definition) is 1. The molecule has 3 nitrogen and oxygen atoms in total. The molecule has 1 heterocycles. The second-order valence-corrected chi connectivity index (χ2v) is 3.23. The van der Waals surface area contributed by atoms with Gasteiger partial charge in [-0.25, -0.2) is 0 Å². The van der Waals surface area contributed by atoms with E-state index in [1.165, 1.54) is 0 Å². The van der Waals surface area contributed by atoms with Crippen LogP contribution >= 0.6 is 0 Å². The smallest absolute Gasteiger partial charge is 0.435 e. The summed E-state index contributed by atoms with van der Waals surface area (Å²) in [5.41, 5.74) is 1.79. The maximum absolute atomic E-state index is 11.0. The monoisotopic (exact) mass is 176 g/mol. The van der Waals surface area contributed by atoms with Gasteiger partial charge in [0.1, 0.15) is 6.20 Å². The number of carbonyl (C=O) groups is 1. The summed E-state index contributed by atoms with van der Waals surface area (Å²) in [5, 5.41) is 9.04. The number of fused-ring (bicyclic) bond motifs is 1. The van der Waals surface area contributed by atoms with Gasteiger partial charge in [-0.3, -0.25) is 0 Å². The van der Waals surface area contributed by atoms with Crippen LogP contribution in [0.15, 0.2) is 30.5 Å². The van der Waals surface area contributed by atoms with Gasteiger partial charge in [-0.2, -0.15) is 9.28 Å². The summed E-state index contributed by atoms with van der Waals surface area (Å²) in [4.78, 5) is 11.0. The molecule has 0 aliphatic carbocycles. The summed E-state index contributed by atoms with van der Waals surface area (Å²) in [6.07, 6.45) is 2.65. The van der Waals surface area contributed by atoms with Gasteiger partial charge in [-0.15, -0.1) is 0 Å². The molecule has 1 atom stereocenters. The van der Waals surface area contributed by atoms with E-state index in [-0.39, 0.29) is 4.48 Å². The second-order valence-electron chi connectivity index (χ2n) is 3.23. The van der Waals surface area contributed by atoms with Gasteiger partial charge < -0.3 is 5.11 Å². The van der Waals surface area contributed by atoms with E-state index >= 15 is 0 Å². The Hall–Kier alpha value is -1.61. The summed E-state index contributed by atoms with van der Waals surface area (Å²) in [6, 6.07) is 7.51. The number of rotatable bonds is 0. The van der Waals surface area contributed by atoms with Crippen molar-refractivity contribution in [3.05, 3.63) is 36.0 Å². The lowest BCUT2D eigenvalue weighted by Gasteiger charge is -2.19. The average Bonchev–Trinajstić information content (AvgIpc) is 2.47. The van der Waals surface area contributed by atoms with Crippen LogP contribution in [0.1, 0.15) is 5.56 Å². The summed E-state index contributed by atoms with van der Waals surface area (Å²) in [5.74, 6) is 0. The molecule has 0 spiro atoms. The molecule has 0 saturated heterocycles. The molecular weight excluding hydrogens is 166 g/mol. The van der Waals surface area contributed by atoms with Gasteiger partial charge in [-0.05, 0) is 6.07 Å². The largest absolute Gasteiger partial charge is 0.523 e. The number of hydrogen-bond acceptors (Lipinski definition) is 1. The van der Waals surface area contributed by atoms with Gasteiger partial charge in [-0.1, -0.05) is 12.1 Å². The van der Waals surface area contributed by atoms with Gasteiger partial charge in [0.25, 0.3) is 0 Å². The highest BCUT2D eigenvalue weighted by Crippen LogP contribution is 2.33. The molecule has 0 fully saturated rings. The quantitative estimate of drug-likeness (QED) is 0.616. The van der Waals surface area contributed by atoms with E-state index in [1.54, 1.807) is 13.2 Å². The molecule has 0 radical (unpaired) electrons. The molecule has 66 valence electrons. The SMILES string of the molecule is C[N@+]1(C(=O)O)C=Cc2ccccc21. The highest BCUT2D eigenvalue weighted by Gasteiger charge is 2.37. The summed E-state index contributed by atoms with van der Waals surface area (Å²) in [6.45, 7) is 0. The van der Waals surface area contributed by atoms with E-state index in [0.29, 0.717) is 0 Å². The van der Waals surface area contributed by atoms with Crippen molar-refractivity contribution >= 4 is 17.9 Å². The first kappa shape index (κ1) is 8.01. The topological polar surface area (TPSA) is 37.3 Å². The fourth-order valence-corrected chi connectivity index (χ4v) is 1.53. The van der Waals surface area contributed by atoms with Crippen molar-refractivity contribution in [1.82, 2.24) is 4.48 Å². The van der Waals surface area contributed by atoms with Gasteiger partial charge in [0, 0.05) is 17.7 Å². The predicted molar refractivity (Wildman–Crippen MR) is 51.2 cm³/mol. The van der Waals surface area contributed by atoms with Crippen molar-refractivity contribution in [3.8, 4) is 0 Å². The molecule has 13 heavy (non-hydrogen) atoms. The van der Waals surface area contributed by atoms with Crippen LogP contribution in [0.2, 0.25) is 0 Å². The molecule has 0 bridgehead atoms. The van der Waals surface area contributed by atoms with Crippen LogP contribution in [0.3, 0.4) is 0 Å². The molecule has 0 unspecified atom stereocenters. The maximum Gasteiger partial charge on any atom is 0.523 e. The molecule has 0 aromatic heterocycles. The van der Waals surface area contributed by atoms with Crippen molar-refractivity contribution in [2.45, 2.75) is 0 Å². The Labute approximate surface area is 76.1 Å². The standard InChI is InChI=1S/C10H9NO2/c1-11(10(12)13)7-6-8-4-2-3-5-9(8)11/h2-7H,1H3/p+1/t11-/m0/s1. The zero-order chi connectivity index (χ0) is 9.47. The Morgan fingerprint density at radius 2 is 2.08 bits per heavy atom. The van der Waals surface area contributed by atoms with Gasteiger partial charge in [0.05, 0.1) is 7.05 Å².